The molecule has 1 heterocycles. The molecule has 174 valence electrons. The Morgan fingerprint density at radius 3 is 1.53 bits per heavy atom. The van der Waals surface area contributed by atoms with Crippen LogP contribution in [0.3, 0.4) is 0 Å². The molecular formula is C23H21N5O6. The number of nitrogens with one attached hydrogen (secondary N) is 4. The van der Waals surface area contributed by atoms with E-state index in [0.29, 0.717) is 11.4 Å². The number of nitrogens with zero attached hydrogens (tertiary/aromatic N) is 1. The van der Waals surface area contributed by atoms with Gasteiger partial charge in [-0.2, -0.15) is 0 Å². The maximum Gasteiger partial charge on any atom is 0.404 e. The molecule has 0 aliphatic heterocycles. The zero-order chi connectivity index (χ0) is 24.5. The molecule has 0 aliphatic carbocycles. The Balaban J connectivity index is 1.54. The Bertz CT molecular complexity index is 1080. The third-order valence-corrected chi connectivity index (χ3v) is 4.57. The van der Waals surface area contributed by atoms with Gasteiger partial charge in [-0.25, -0.2) is 9.59 Å². The second-order valence-electron chi connectivity index (χ2n) is 7.05. The quantitative estimate of drug-likeness (QED) is 0.298. The highest BCUT2D eigenvalue weighted by Crippen LogP contribution is 2.13. The first-order valence-electron chi connectivity index (χ1n) is 10.0. The molecule has 4 amide bonds. The zero-order valence-corrected chi connectivity index (χ0v) is 17.7. The second kappa shape index (κ2) is 11.1. The first-order chi connectivity index (χ1) is 16.3. The number of anilines is 2. The second-order valence-corrected chi connectivity index (χ2v) is 7.05. The van der Waals surface area contributed by atoms with E-state index >= 15 is 0 Å². The Hall–Kier alpha value is -4.93. The van der Waals surface area contributed by atoms with Gasteiger partial charge in [0, 0.05) is 30.7 Å². The van der Waals surface area contributed by atoms with Gasteiger partial charge in [0.2, 0.25) is 0 Å². The van der Waals surface area contributed by atoms with Crippen LogP contribution in [-0.2, 0) is 13.1 Å². The van der Waals surface area contributed by atoms with E-state index in [2.05, 4.69) is 26.3 Å². The SMILES string of the molecule is O=C(O)NCc1ccc(NC(=O)c2ccc(C(=O)Nc3ccc(CNC(=O)O)cc3)nc2)cc1. The van der Waals surface area contributed by atoms with E-state index in [9.17, 15) is 19.2 Å². The standard InChI is InChI=1S/C23H21N5O6/c29-20(27-17-6-1-14(2-7-17)11-25-22(31)32)16-5-10-19(24-13-16)21(30)28-18-8-3-15(4-9-18)12-26-23(33)34/h1-10,13,25-26H,11-12H2,(H,27,29)(H,28,30)(H,31,32)(H,33,34). The number of carbonyl (C=O) groups excluding carboxylic acids is 2. The van der Waals surface area contributed by atoms with E-state index in [1.807, 2.05) is 0 Å². The molecule has 11 nitrogen and oxygen atoms in total. The third-order valence-electron chi connectivity index (χ3n) is 4.57. The summed E-state index contributed by atoms with van der Waals surface area (Å²) in [6.07, 6.45) is -0.953. The number of amides is 4. The van der Waals surface area contributed by atoms with E-state index in [0.717, 1.165) is 11.1 Å². The Labute approximate surface area is 193 Å². The van der Waals surface area contributed by atoms with E-state index < -0.39 is 24.0 Å². The fourth-order valence-electron chi connectivity index (χ4n) is 2.83. The van der Waals surface area contributed by atoms with Crippen LogP contribution in [0.4, 0.5) is 21.0 Å². The topological polar surface area (TPSA) is 170 Å². The molecule has 0 atom stereocenters. The lowest BCUT2D eigenvalue weighted by Crippen LogP contribution is -2.20. The van der Waals surface area contributed by atoms with Crippen LogP contribution in [0.1, 0.15) is 32.0 Å². The van der Waals surface area contributed by atoms with Gasteiger partial charge in [0.1, 0.15) is 5.69 Å². The highest BCUT2D eigenvalue weighted by Gasteiger charge is 2.11. The van der Waals surface area contributed by atoms with Crippen molar-refractivity contribution in [2.75, 3.05) is 10.6 Å². The fourth-order valence-corrected chi connectivity index (χ4v) is 2.83. The molecule has 0 fully saturated rings. The van der Waals surface area contributed by atoms with Gasteiger partial charge in [0.25, 0.3) is 11.8 Å². The molecular weight excluding hydrogens is 442 g/mol. The highest BCUT2D eigenvalue weighted by atomic mass is 16.4. The minimum Gasteiger partial charge on any atom is -0.465 e. The summed E-state index contributed by atoms with van der Waals surface area (Å²) in [4.78, 5) is 50.0. The molecule has 3 rings (SSSR count). The summed E-state index contributed by atoms with van der Waals surface area (Å²) in [5.74, 6) is -0.879. The van der Waals surface area contributed by atoms with E-state index in [-0.39, 0.29) is 24.3 Å². The number of hydrogen-bond donors (Lipinski definition) is 6. The van der Waals surface area contributed by atoms with Gasteiger partial charge in [-0.05, 0) is 47.5 Å². The van der Waals surface area contributed by atoms with Gasteiger partial charge in [0.05, 0.1) is 5.56 Å². The molecule has 0 radical (unpaired) electrons. The van der Waals surface area contributed by atoms with Crippen LogP contribution >= 0.6 is 0 Å². The molecule has 0 aliphatic rings. The van der Waals surface area contributed by atoms with Crippen LogP contribution in [0.15, 0.2) is 66.9 Å². The third kappa shape index (κ3) is 7.05. The van der Waals surface area contributed by atoms with Crippen molar-refractivity contribution in [1.29, 1.82) is 0 Å². The van der Waals surface area contributed by atoms with Crippen molar-refractivity contribution in [1.82, 2.24) is 15.6 Å². The van der Waals surface area contributed by atoms with Crippen LogP contribution in [0, 0.1) is 0 Å². The first kappa shape index (κ1) is 23.7. The largest absolute Gasteiger partial charge is 0.465 e. The lowest BCUT2D eigenvalue weighted by atomic mass is 10.2. The maximum atomic E-state index is 12.4. The molecule has 34 heavy (non-hydrogen) atoms. The average Bonchev–Trinajstić information content (AvgIpc) is 2.83. The minimum absolute atomic E-state index is 0.114. The number of aromatic nitrogens is 1. The van der Waals surface area contributed by atoms with Gasteiger partial charge in [0.15, 0.2) is 0 Å². The monoisotopic (exact) mass is 463 g/mol. The summed E-state index contributed by atoms with van der Waals surface area (Å²) >= 11 is 0. The summed E-state index contributed by atoms with van der Waals surface area (Å²) in [5, 5.41) is 27.1. The minimum atomic E-state index is -1.12. The predicted octanol–water partition coefficient (Wildman–Crippen LogP) is 3.12. The van der Waals surface area contributed by atoms with Crippen molar-refractivity contribution in [3.05, 3.63) is 89.2 Å². The lowest BCUT2D eigenvalue weighted by molar-refractivity contribution is 0.101. The van der Waals surface area contributed by atoms with Gasteiger partial charge < -0.3 is 31.5 Å². The van der Waals surface area contributed by atoms with Crippen molar-refractivity contribution in [2.45, 2.75) is 13.1 Å². The van der Waals surface area contributed by atoms with Crippen molar-refractivity contribution in [2.24, 2.45) is 0 Å². The normalized spacial score (nSPS) is 10.1. The van der Waals surface area contributed by atoms with Crippen molar-refractivity contribution in [3.63, 3.8) is 0 Å². The maximum absolute atomic E-state index is 12.4. The van der Waals surface area contributed by atoms with E-state index in [1.54, 1.807) is 48.5 Å². The van der Waals surface area contributed by atoms with Crippen LogP contribution in [-0.4, -0.2) is 39.2 Å². The Morgan fingerprint density at radius 2 is 1.12 bits per heavy atom. The Kier molecular flexibility index (Phi) is 7.74. The van der Waals surface area contributed by atoms with Crippen LogP contribution < -0.4 is 21.3 Å². The van der Waals surface area contributed by atoms with Crippen molar-refractivity contribution in [3.8, 4) is 0 Å². The predicted molar refractivity (Wildman–Crippen MR) is 123 cm³/mol. The number of pyridine rings is 1. The molecule has 3 aromatic rings. The van der Waals surface area contributed by atoms with Crippen molar-refractivity contribution >= 4 is 35.4 Å². The van der Waals surface area contributed by atoms with E-state index in [4.69, 9.17) is 10.2 Å². The van der Waals surface area contributed by atoms with Crippen LogP contribution in [0.2, 0.25) is 0 Å². The smallest absolute Gasteiger partial charge is 0.404 e. The molecule has 0 bridgehead atoms. The summed E-state index contributed by atoms with van der Waals surface area (Å²) in [7, 11) is 0. The van der Waals surface area contributed by atoms with Crippen molar-refractivity contribution < 1.29 is 29.4 Å². The lowest BCUT2D eigenvalue weighted by Gasteiger charge is -2.08. The fraction of sp³-hybridized carbons (Fsp3) is 0.0870. The molecule has 0 unspecified atom stereocenters. The summed E-state index contributed by atoms with van der Waals surface area (Å²) in [6.45, 7) is 0.309. The molecule has 6 N–H and O–H groups in total. The number of hydrogen-bond acceptors (Lipinski definition) is 5. The summed E-state index contributed by atoms with van der Waals surface area (Å²) in [5.41, 5.74) is 2.87. The Morgan fingerprint density at radius 1 is 0.647 bits per heavy atom. The van der Waals surface area contributed by atoms with Gasteiger partial charge >= 0.3 is 12.2 Å². The summed E-state index contributed by atoms with van der Waals surface area (Å²) < 4.78 is 0. The van der Waals surface area contributed by atoms with Crippen LogP contribution in [0.5, 0.6) is 0 Å². The number of carboxylic acid groups (broad SMARTS) is 2. The molecule has 0 saturated heterocycles. The zero-order valence-electron chi connectivity index (χ0n) is 17.7. The molecule has 11 heteroatoms. The molecule has 0 spiro atoms. The average molecular weight is 463 g/mol. The van der Waals surface area contributed by atoms with Gasteiger partial charge in [-0.3, -0.25) is 14.6 Å². The van der Waals surface area contributed by atoms with Gasteiger partial charge in [-0.1, -0.05) is 24.3 Å². The number of benzene rings is 2. The highest BCUT2D eigenvalue weighted by molar-refractivity contribution is 6.06. The van der Waals surface area contributed by atoms with E-state index in [1.165, 1.54) is 18.3 Å². The number of rotatable bonds is 8. The summed E-state index contributed by atoms with van der Waals surface area (Å²) in [6, 6.07) is 16.2. The molecule has 1 aromatic heterocycles. The van der Waals surface area contributed by atoms with Gasteiger partial charge in [-0.15, -0.1) is 0 Å². The first-order valence-corrected chi connectivity index (χ1v) is 10.0. The number of carbonyl (C=O) groups is 4. The molecule has 2 aromatic carbocycles. The molecule has 0 saturated carbocycles. The van der Waals surface area contributed by atoms with Crippen LogP contribution in [0.25, 0.3) is 0 Å².